The van der Waals surface area contributed by atoms with Crippen molar-refractivity contribution < 1.29 is 4.79 Å². The van der Waals surface area contributed by atoms with E-state index in [2.05, 4.69) is 25.1 Å². The molecule has 2 N–H and O–H groups in total. The van der Waals surface area contributed by atoms with Gasteiger partial charge in [0.1, 0.15) is 4.88 Å². The van der Waals surface area contributed by atoms with E-state index < -0.39 is 0 Å². The Bertz CT molecular complexity index is 750. The predicted octanol–water partition coefficient (Wildman–Crippen LogP) is 2.74. The Balaban J connectivity index is 1.82. The molecular weight excluding hydrogens is 286 g/mol. The van der Waals surface area contributed by atoms with Gasteiger partial charge in [-0.15, -0.1) is 5.10 Å². The van der Waals surface area contributed by atoms with Crippen molar-refractivity contribution in [1.29, 1.82) is 0 Å². The SMILES string of the molecule is CCc1nnsc1C(=O)Nc1cccc(-c2ccn[nH]2)c1. The summed E-state index contributed by atoms with van der Waals surface area (Å²) in [5.74, 6) is -0.177. The van der Waals surface area contributed by atoms with E-state index in [9.17, 15) is 4.79 Å². The van der Waals surface area contributed by atoms with Crippen LogP contribution >= 0.6 is 11.5 Å². The third-order valence-electron chi connectivity index (χ3n) is 3.03. The van der Waals surface area contributed by atoms with Crippen LogP contribution in [0, 0.1) is 0 Å². The molecule has 0 aliphatic rings. The Labute approximate surface area is 125 Å². The van der Waals surface area contributed by atoms with Crippen molar-refractivity contribution >= 4 is 23.1 Å². The minimum absolute atomic E-state index is 0.177. The second kappa shape index (κ2) is 5.84. The van der Waals surface area contributed by atoms with Crippen LogP contribution in [-0.4, -0.2) is 25.7 Å². The molecule has 1 aromatic carbocycles. The molecule has 106 valence electrons. The highest BCUT2D eigenvalue weighted by Gasteiger charge is 2.15. The molecule has 0 aliphatic heterocycles. The normalized spacial score (nSPS) is 10.5. The van der Waals surface area contributed by atoms with Crippen LogP contribution in [0.25, 0.3) is 11.3 Å². The number of hydrogen-bond acceptors (Lipinski definition) is 5. The van der Waals surface area contributed by atoms with Gasteiger partial charge in [-0.2, -0.15) is 5.10 Å². The van der Waals surface area contributed by atoms with Crippen LogP contribution in [0.1, 0.15) is 22.3 Å². The van der Waals surface area contributed by atoms with E-state index in [1.165, 1.54) is 0 Å². The van der Waals surface area contributed by atoms with E-state index in [0.717, 1.165) is 34.2 Å². The number of rotatable bonds is 4. The van der Waals surface area contributed by atoms with Crippen LogP contribution in [0.4, 0.5) is 5.69 Å². The second-order valence-electron chi connectivity index (χ2n) is 4.41. The van der Waals surface area contributed by atoms with Crippen LogP contribution in [0.15, 0.2) is 36.5 Å². The van der Waals surface area contributed by atoms with Gasteiger partial charge in [-0.05, 0) is 36.2 Å². The van der Waals surface area contributed by atoms with E-state index in [-0.39, 0.29) is 5.91 Å². The summed E-state index contributed by atoms with van der Waals surface area (Å²) in [6, 6.07) is 9.46. The highest BCUT2D eigenvalue weighted by molar-refractivity contribution is 7.08. The zero-order chi connectivity index (χ0) is 14.7. The molecule has 6 nitrogen and oxygen atoms in total. The molecule has 0 aliphatic carbocycles. The number of hydrogen-bond donors (Lipinski definition) is 2. The molecule has 21 heavy (non-hydrogen) atoms. The highest BCUT2D eigenvalue weighted by atomic mass is 32.1. The maximum Gasteiger partial charge on any atom is 0.269 e. The van der Waals surface area contributed by atoms with Gasteiger partial charge in [-0.1, -0.05) is 23.5 Å². The fraction of sp³-hybridized carbons (Fsp3) is 0.143. The van der Waals surface area contributed by atoms with Crippen molar-refractivity contribution in [3.8, 4) is 11.3 Å². The first kappa shape index (κ1) is 13.4. The van der Waals surface area contributed by atoms with E-state index in [1.54, 1.807) is 6.20 Å². The number of H-pyrrole nitrogens is 1. The van der Waals surface area contributed by atoms with Crippen molar-refractivity contribution in [3.05, 3.63) is 47.1 Å². The van der Waals surface area contributed by atoms with Crippen molar-refractivity contribution in [2.45, 2.75) is 13.3 Å². The molecule has 2 aromatic heterocycles. The number of aromatic nitrogens is 4. The van der Waals surface area contributed by atoms with Gasteiger partial charge in [0, 0.05) is 17.4 Å². The predicted molar refractivity (Wildman–Crippen MR) is 81.3 cm³/mol. The maximum absolute atomic E-state index is 12.3. The number of aryl methyl sites for hydroxylation is 1. The van der Waals surface area contributed by atoms with Gasteiger partial charge in [0.25, 0.3) is 5.91 Å². The summed E-state index contributed by atoms with van der Waals surface area (Å²) >= 11 is 1.11. The standard InChI is InChI=1S/C14H13N5OS/c1-2-11-13(21-19-18-11)14(20)16-10-5-3-4-9(8-10)12-6-7-15-17-12/h3-8H,2H2,1H3,(H,15,17)(H,16,20). The molecule has 7 heteroatoms. The van der Waals surface area contributed by atoms with Gasteiger partial charge < -0.3 is 5.32 Å². The van der Waals surface area contributed by atoms with Crippen molar-refractivity contribution in [2.75, 3.05) is 5.32 Å². The number of nitrogens with one attached hydrogen (secondary N) is 2. The van der Waals surface area contributed by atoms with Gasteiger partial charge in [0.2, 0.25) is 0 Å². The monoisotopic (exact) mass is 299 g/mol. The number of carbonyl (C=O) groups excluding carboxylic acids is 1. The van der Waals surface area contributed by atoms with Crippen molar-refractivity contribution in [1.82, 2.24) is 19.8 Å². The van der Waals surface area contributed by atoms with Gasteiger partial charge in [-0.25, -0.2) is 0 Å². The second-order valence-corrected chi connectivity index (χ2v) is 5.16. The maximum atomic E-state index is 12.3. The Morgan fingerprint density at radius 3 is 3.05 bits per heavy atom. The number of benzene rings is 1. The Kier molecular flexibility index (Phi) is 3.74. The van der Waals surface area contributed by atoms with E-state index in [1.807, 2.05) is 37.3 Å². The molecule has 1 amide bonds. The summed E-state index contributed by atoms with van der Waals surface area (Å²) in [6.45, 7) is 1.95. The molecule has 0 spiro atoms. The molecule has 3 rings (SSSR count). The summed E-state index contributed by atoms with van der Waals surface area (Å²) in [7, 11) is 0. The van der Waals surface area contributed by atoms with Crippen LogP contribution in [0.3, 0.4) is 0 Å². The van der Waals surface area contributed by atoms with E-state index >= 15 is 0 Å². The fourth-order valence-corrected chi connectivity index (χ4v) is 2.63. The lowest BCUT2D eigenvalue weighted by Gasteiger charge is -2.06. The highest BCUT2D eigenvalue weighted by Crippen LogP contribution is 2.21. The number of carbonyl (C=O) groups is 1. The van der Waals surface area contributed by atoms with Crippen LogP contribution in [-0.2, 0) is 6.42 Å². The average Bonchev–Trinajstić information content (AvgIpc) is 3.18. The summed E-state index contributed by atoms with van der Waals surface area (Å²) in [5, 5.41) is 13.7. The smallest absolute Gasteiger partial charge is 0.269 e. The Morgan fingerprint density at radius 2 is 2.29 bits per heavy atom. The minimum atomic E-state index is -0.177. The van der Waals surface area contributed by atoms with Gasteiger partial charge in [-0.3, -0.25) is 9.89 Å². The van der Waals surface area contributed by atoms with E-state index in [4.69, 9.17) is 0 Å². The molecule has 0 saturated heterocycles. The molecule has 2 heterocycles. The summed E-state index contributed by atoms with van der Waals surface area (Å²) < 4.78 is 3.83. The third-order valence-corrected chi connectivity index (χ3v) is 3.80. The zero-order valence-electron chi connectivity index (χ0n) is 11.3. The van der Waals surface area contributed by atoms with Gasteiger partial charge in [0.15, 0.2) is 0 Å². The molecular formula is C14H13N5OS. The quantitative estimate of drug-likeness (QED) is 0.776. The fourth-order valence-electron chi connectivity index (χ4n) is 1.98. The van der Waals surface area contributed by atoms with Gasteiger partial charge >= 0.3 is 0 Å². The molecule has 0 radical (unpaired) electrons. The summed E-state index contributed by atoms with van der Waals surface area (Å²) in [4.78, 5) is 12.8. The number of anilines is 1. The molecule has 0 unspecified atom stereocenters. The van der Waals surface area contributed by atoms with E-state index in [0.29, 0.717) is 11.3 Å². The van der Waals surface area contributed by atoms with Crippen LogP contribution in [0.2, 0.25) is 0 Å². The molecule has 0 fully saturated rings. The van der Waals surface area contributed by atoms with Crippen LogP contribution in [0.5, 0.6) is 0 Å². The Hall–Kier alpha value is -2.54. The minimum Gasteiger partial charge on any atom is -0.321 e. The lowest BCUT2D eigenvalue weighted by atomic mass is 10.1. The first-order valence-electron chi connectivity index (χ1n) is 6.50. The van der Waals surface area contributed by atoms with Gasteiger partial charge in [0.05, 0.1) is 11.4 Å². The lowest BCUT2D eigenvalue weighted by Crippen LogP contribution is -2.12. The van der Waals surface area contributed by atoms with Crippen molar-refractivity contribution in [3.63, 3.8) is 0 Å². The number of nitrogens with zero attached hydrogens (tertiary/aromatic N) is 3. The first-order chi connectivity index (χ1) is 10.3. The molecule has 0 bridgehead atoms. The average molecular weight is 299 g/mol. The van der Waals surface area contributed by atoms with Crippen molar-refractivity contribution in [2.24, 2.45) is 0 Å². The topological polar surface area (TPSA) is 83.6 Å². The van der Waals surface area contributed by atoms with Crippen LogP contribution < -0.4 is 5.32 Å². The molecule has 0 atom stereocenters. The first-order valence-corrected chi connectivity index (χ1v) is 7.27. The summed E-state index contributed by atoms with van der Waals surface area (Å²) in [6.07, 6.45) is 2.38. The molecule has 0 saturated carbocycles. The number of aromatic amines is 1. The zero-order valence-corrected chi connectivity index (χ0v) is 12.1. The lowest BCUT2D eigenvalue weighted by molar-refractivity contribution is 0.102. The number of amides is 1. The molecule has 3 aromatic rings. The third kappa shape index (κ3) is 2.82. The largest absolute Gasteiger partial charge is 0.321 e. The summed E-state index contributed by atoms with van der Waals surface area (Å²) in [5.41, 5.74) is 3.31. The Morgan fingerprint density at radius 1 is 1.38 bits per heavy atom.